The summed E-state index contributed by atoms with van der Waals surface area (Å²) in [5.74, 6) is 0.649. The van der Waals surface area contributed by atoms with E-state index in [2.05, 4.69) is 5.32 Å². The number of benzene rings is 2. The monoisotopic (exact) mass is 327 g/mol. The van der Waals surface area contributed by atoms with Crippen molar-refractivity contribution < 1.29 is 13.9 Å². The number of halogens is 1. The summed E-state index contributed by atoms with van der Waals surface area (Å²) in [6.45, 7) is 0.625. The maximum atomic E-state index is 13.0. The van der Waals surface area contributed by atoms with Gasteiger partial charge in [0.05, 0.1) is 7.11 Å². The fourth-order valence-corrected chi connectivity index (χ4v) is 2.93. The van der Waals surface area contributed by atoms with Gasteiger partial charge < -0.3 is 10.1 Å². The molecule has 1 N–H and O–H groups in total. The van der Waals surface area contributed by atoms with Crippen LogP contribution in [0.25, 0.3) is 0 Å². The standard InChI is InChI=1S/C20H22FNO2/c1-24-18-9-2-15(3-10-18)4-11-19(23)22-14-20(12-13-20)16-5-7-17(21)8-6-16/h2-3,5-10H,4,11-14H2,1H3,(H,22,23). The summed E-state index contributed by atoms with van der Waals surface area (Å²) in [6.07, 6.45) is 3.25. The quantitative estimate of drug-likeness (QED) is 0.843. The highest BCUT2D eigenvalue weighted by atomic mass is 19.1. The molecule has 0 unspecified atom stereocenters. The second kappa shape index (κ2) is 7.04. The molecule has 0 radical (unpaired) electrons. The van der Waals surface area contributed by atoms with Crippen LogP contribution in [0.1, 0.15) is 30.4 Å². The Morgan fingerprint density at radius 2 is 1.79 bits per heavy atom. The maximum absolute atomic E-state index is 13.0. The Hall–Kier alpha value is -2.36. The first-order chi connectivity index (χ1) is 11.6. The van der Waals surface area contributed by atoms with Crippen LogP contribution in [0.15, 0.2) is 48.5 Å². The van der Waals surface area contributed by atoms with Gasteiger partial charge in [-0.3, -0.25) is 4.79 Å². The highest BCUT2D eigenvalue weighted by Gasteiger charge is 2.44. The van der Waals surface area contributed by atoms with Gasteiger partial charge in [-0.1, -0.05) is 24.3 Å². The summed E-state index contributed by atoms with van der Waals surface area (Å²) in [6, 6.07) is 14.4. The molecule has 1 aliphatic carbocycles. The van der Waals surface area contributed by atoms with Gasteiger partial charge in [0.1, 0.15) is 11.6 Å². The van der Waals surface area contributed by atoms with Crippen LogP contribution >= 0.6 is 0 Å². The zero-order valence-corrected chi connectivity index (χ0v) is 13.8. The van der Waals surface area contributed by atoms with E-state index in [4.69, 9.17) is 4.74 Å². The fourth-order valence-electron chi connectivity index (χ4n) is 2.93. The number of carbonyl (C=O) groups is 1. The molecule has 3 rings (SSSR count). The van der Waals surface area contributed by atoms with Crippen LogP contribution in [0.3, 0.4) is 0 Å². The van der Waals surface area contributed by atoms with Gasteiger partial charge in [-0.15, -0.1) is 0 Å². The van der Waals surface area contributed by atoms with Crippen molar-refractivity contribution in [2.75, 3.05) is 13.7 Å². The SMILES string of the molecule is COc1ccc(CCC(=O)NCC2(c3ccc(F)cc3)CC2)cc1. The largest absolute Gasteiger partial charge is 0.497 e. The number of hydrogen-bond donors (Lipinski definition) is 1. The second-order valence-corrected chi connectivity index (χ2v) is 6.41. The molecule has 3 nitrogen and oxygen atoms in total. The van der Waals surface area contributed by atoms with Gasteiger partial charge in [0.2, 0.25) is 5.91 Å². The molecule has 1 saturated carbocycles. The summed E-state index contributed by atoms with van der Waals surface area (Å²) in [7, 11) is 1.64. The van der Waals surface area contributed by atoms with Crippen LogP contribution in [0, 0.1) is 5.82 Å². The van der Waals surface area contributed by atoms with E-state index in [1.165, 1.54) is 12.1 Å². The number of methoxy groups -OCH3 is 1. The van der Waals surface area contributed by atoms with E-state index in [0.29, 0.717) is 19.4 Å². The lowest BCUT2D eigenvalue weighted by atomic mass is 9.96. The third-order valence-corrected chi connectivity index (χ3v) is 4.73. The Morgan fingerprint density at radius 1 is 1.12 bits per heavy atom. The van der Waals surface area contributed by atoms with Crippen molar-refractivity contribution in [3.8, 4) is 5.75 Å². The number of carbonyl (C=O) groups excluding carboxylic acids is 1. The molecule has 126 valence electrons. The molecule has 0 atom stereocenters. The Bertz CT molecular complexity index is 691. The van der Waals surface area contributed by atoms with Crippen molar-refractivity contribution in [2.24, 2.45) is 0 Å². The minimum absolute atomic E-state index is 0.00345. The topological polar surface area (TPSA) is 38.3 Å². The minimum atomic E-state index is -0.224. The summed E-state index contributed by atoms with van der Waals surface area (Å²) in [5.41, 5.74) is 2.23. The third-order valence-electron chi connectivity index (χ3n) is 4.73. The molecule has 1 amide bonds. The van der Waals surface area contributed by atoms with Crippen molar-refractivity contribution >= 4 is 5.91 Å². The van der Waals surface area contributed by atoms with E-state index in [9.17, 15) is 9.18 Å². The number of hydrogen-bond acceptors (Lipinski definition) is 2. The molecule has 1 aliphatic rings. The molecule has 2 aromatic rings. The van der Waals surface area contributed by atoms with Crippen LogP contribution in [0.5, 0.6) is 5.75 Å². The Kier molecular flexibility index (Phi) is 4.84. The number of ether oxygens (including phenoxy) is 1. The van der Waals surface area contributed by atoms with Gasteiger partial charge in [0.25, 0.3) is 0 Å². The van der Waals surface area contributed by atoms with E-state index in [1.54, 1.807) is 7.11 Å². The predicted octanol–water partition coefficient (Wildman–Crippen LogP) is 3.61. The van der Waals surface area contributed by atoms with E-state index >= 15 is 0 Å². The molecule has 0 aromatic heterocycles. The number of aryl methyl sites for hydroxylation is 1. The fraction of sp³-hybridized carbons (Fsp3) is 0.350. The van der Waals surface area contributed by atoms with Crippen molar-refractivity contribution in [3.63, 3.8) is 0 Å². The van der Waals surface area contributed by atoms with Gasteiger partial charge in [0.15, 0.2) is 0 Å². The minimum Gasteiger partial charge on any atom is -0.497 e. The highest BCUT2D eigenvalue weighted by Crippen LogP contribution is 2.47. The van der Waals surface area contributed by atoms with Crippen molar-refractivity contribution in [1.82, 2.24) is 5.32 Å². The van der Waals surface area contributed by atoms with Crippen LogP contribution < -0.4 is 10.1 Å². The smallest absolute Gasteiger partial charge is 0.220 e. The van der Waals surface area contributed by atoms with Gasteiger partial charge in [-0.2, -0.15) is 0 Å². The summed E-state index contributed by atoms with van der Waals surface area (Å²) in [5, 5.41) is 3.03. The van der Waals surface area contributed by atoms with Gasteiger partial charge in [-0.05, 0) is 54.7 Å². The maximum Gasteiger partial charge on any atom is 0.220 e. The molecule has 1 fully saturated rings. The van der Waals surface area contributed by atoms with Crippen LogP contribution in [0.4, 0.5) is 4.39 Å². The number of amides is 1. The van der Waals surface area contributed by atoms with E-state index in [1.807, 2.05) is 36.4 Å². The zero-order valence-electron chi connectivity index (χ0n) is 13.8. The lowest BCUT2D eigenvalue weighted by molar-refractivity contribution is -0.121. The van der Waals surface area contributed by atoms with E-state index in [0.717, 1.165) is 29.7 Å². The van der Waals surface area contributed by atoms with Crippen LogP contribution in [0.2, 0.25) is 0 Å². The first kappa shape index (κ1) is 16.5. The van der Waals surface area contributed by atoms with Crippen molar-refractivity contribution in [2.45, 2.75) is 31.1 Å². The first-order valence-electron chi connectivity index (χ1n) is 8.27. The van der Waals surface area contributed by atoms with E-state index in [-0.39, 0.29) is 17.1 Å². The molecule has 0 spiro atoms. The summed E-state index contributed by atoms with van der Waals surface area (Å²) >= 11 is 0. The molecule has 0 bridgehead atoms. The van der Waals surface area contributed by atoms with Crippen molar-refractivity contribution in [1.29, 1.82) is 0 Å². The van der Waals surface area contributed by atoms with Crippen molar-refractivity contribution in [3.05, 3.63) is 65.5 Å². The van der Waals surface area contributed by atoms with Gasteiger partial charge >= 0.3 is 0 Å². The molecule has 0 aliphatic heterocycles. The average Bonchev–Trinajstić information content (AvgIpc) is 3.40. The molecule has 0 heterocycles. The Labute approximate surface area is 141 Å². The predicted molar refractivity (Wildman–Crippen MR) is 91.6 cm³/mol. The number of rotatable bonds is 7. The normalized spacial score (nSPS) is 14.9. The van der Waals surface area contributed by atoms with Gasteiger partial charge in [-0.25, -0.2) is 4.39 Å². The average molecular weight is 327 g/mol. The lowest BCUT2D eigenvalue weighted by Crippen LogP contribution is -2.32. The van der Waals surface area contributed by atoms with E-state index < -0.39 is 0 Å². The van der Waals surface area contributed by atoms with Gasteiger partial charge in [0, 0.05) is 18.4 Å². The molecule has 24 heavy (non-hydrogen) atoms. The van der Waals surface area contributed by atoms with Crippen LogP contribution in [-0.4, -0.2) is 19.6 Å². The molecular weight excluding hydrogens is 305 g/mol. The first-order valence-corrected chi connectivity index (χ1v) is 8.27. The molecular formula is C20H22FNO2. The van der Waals surface area contributed by atoms with Crippen LogP contribution in [-0.2, 0) is 16.6 Å². The summed E-state index contributed by atoms with van der Waals surface area (Å²) in [4.78, 5) is 12.1. The molecule has 2 aromatic carbocycles. The second-order valence-electron chi connectivity index (χ2n) is 6.41. The zero-order chi connectivity index (χ0) is 17.0. The lowest BCUT2D eigenvalue weighted by Gasteiger charge is -2.16. The molecule has 0 saturated heterocycles. The molecule has 4 heteroatoms. The Balaban J connectivity index is 1.47. The highest BCUT2D eigenvalue weighted by molar-refractivity contribution is 5.76. The summed E-state index contributed by atoms with van der Waals surface area (Å²) < 4.78 is 18.2. The third kappa shape index (κ3) is 3.94. The Morgan fingerprint density at radius 3 is 2.38 bits per heavy atom. The number of nitrogens with one attached hydrogen (secondary N) is 1.